The molecule has 0 saturated carbocycles. The summed E-state index contributed by atoms with van der Waals surface area (Å²) in [5, 5.41) is 3.56. The quantitative estimate of drug-likeness (QED) is 0.779. The van der Waals surface area contributed by atoms with Crippen LogP contribution in [0.5, 0.6) is 11.5 Å². The predicted molar refractivity (Wildman–Crippen MR) is 63.3 cm³/mol. The summed E-state index contributed by atoms with van der Waals surface area (Å²) < 4.78 is 15.4. The SMILES string of the molecule is CNCc1cc(Cl)c(OCOC)c(OC)c1. The van der Waals surface area contributed by atoms with Gasteiger partial charge >= 0.3 is 0 Å². The first-order chi connectivity index (χ1) is 7.72. The molecule has 0 aliphatic rings. The third-order valence-corrected chi connectivity index (χ3v) is 2.27. The van der Waals surface area contributed by atoms with E-state index in [9.17, 15) is 0 Å². The van der Waals surface area contributed by atoms with E-state index < -0.39 is 0 Å². The molecule has 0 unspecified atom stereocenters. The maximum absolute atomic E-state index is 6.10. The molecule has 0 aliphatic heterocycles. The summed E-state index contributed by atoms with van der Waals surface area (Å²) in [4.78, 5) is 0. The van der Waals surface area contributed by atoms with E-state index in [-0.39, 0.29) is 6.79 Å². The average Bonchev–Trinajstić information content (AvgIpc) is 2.27. The summed E-state index contributed by atoms with van der Waals surface area (Å²) in [5.74, 6) is 1.11. The van der Waals surface area contributed by atoms with Crippen LogP contribution in [-0.2, 0) is 11.3 Å². The van der Waals surface area contributed by atoms with Gasteiger partial charge in [-0.2, -0.15) is 0 Å². The first kappa shape index (κ1) is 13.1. The van der Waals surface area contributed by atoms with Gasteiger partial charge in [0.05, 0.1) is 12.1 Å². The van der Waals surface area contributed by atoms with Gasteiger partial charge in [0, 0.05) is 13.7 Å². The zero-order chi connectivity index (χ0) is 12.0. The van der Waals surface area contributed by atoms with Crippen molar-refractivity contribution in [2.75, 3.05) is 28.1 Å². The Balaban J connectivity index is 2.97. The summed E-state index contributed by atoms with van der Waals surface area (Å²) in [7, 11) is 5.00. The van der Waals surface area contributed by atoms with E-state index in [0.717, 1.165) is 12.1 Å². The van der Waals surface area contributed by atoms with Crippen molar-refractivity contribution in [1.29, 1.82) is 0 Å². The molecule has 90 valence electrons. The van der Waals surface area contributed by atoms with E-state index in [1.54, 1.807) is 14.2 Å². The zero-order valence-electron chi connectivity index (χ0n) is 9.67. The maximum Gasteiger partial charge on any atom is 0.188 e. The lowest BCUT2D eigenvalue weighted by Crippen LogP contribution is -2.06. The van der Waals surface area contributed by atoms with Crippen LogP contribution >= 0.6 is 11.6 Å². The Morgan fingerprint density at radius 1 is 1.31 bits per heavy atom. The molecule has 16 heavy (non-hydrogen) atoms. The van der Waals surface area contributed by atoms with Crippen LogP contribution in [0.15, 0.2) is 12.1 Å². The lowest BCUT2D eigenvalue weighted by molar-refractivity contribution is 0.0492. The molecule has 1 aromatic carbocycles. The summed E-state index contributed by atoms with van der Waals surface area (Å²) in [5.41, 5.74) is 1.04. The fourth-order valence-electron chi connectivity index (χ4n) is 1.34. The zero-order valence-corrected chi connectivity index (χ0v) is 10.4. The van der Waals surface area contributed by atoms with Gasteiger partial charge in [-0.05, 0) is 24.7 Å². The second kappa shape index (κ2) is 6.58. The van der Waals surface area contributed by atoms with E-state index in [1.807, 2.05) is 19.2 Å². The largest absolute Gasteiger partial charge is 0.493 e. The van der Waals surface area contributed by atoms with Crippen molar-refractivity contribution in [3.05, 3.63) is 22.7 Å². The molecule has 0 heterocycles. The number of rotatable bonds is 6. The van der Waals surface area contributed by atoms with Gasteiger partial charge in [-0.1, -0.05) is 11.6 Å². The van der Waals surface area contributed by atoms with Gasteiger partial charge in [-0.15, -0.1) is 0 Å². The minimum atomic E-state index is 0.140. The highest BCUT2D eigenvalue weighted by atomic mass is 35.5. The highest BCUT2D eigenvalue weighted by Crippen LogP contribution is 2.36. The lowest BCUT2D eigenvalue weighted by atomic mass is 10.2. The van der Waals surface area contributed by atoms with Crippen LogP contribution in [0, 0.1) is 0 Å². The van der Waals surface area contributed by atoms with Crippen molar-refractivity contribution in [2.45, 2.75) is 6.54 Å². The van der Waals surface area contributed by atoms with Gasteiger partial charge in [0.25, 0.3) is 0 Å². The molecule has 1 aromatic rings. The van der Waals surface area contributed by atoms with Crippen molar-refractivity contribution in [3.63, 3.8) is 0 Å². The molecule has 0 fully saturated rings. The minimum Gasteiger partial charge on any atom is -0.493 e. The molecule has 0 aromatic heterocycles. The Labute approximate surface area is 100 Å². The van der Waals surface area contributed by atoms with Crippen molar-refractivity contribution in [1.82, 2.24) is 5.32 Å². The van der Waals surface area contributed by atoms with Crippen LogP contribution in [0.3, 0.4) is 0 Å². The minimum absolute atomic E-state index is 0.140. The Morgan fingerprint density at radius 3 is 2.62 bits per heavy atom. The number of methoxy groups -OCH3 is 2. The molecule has 0 amide bonds. The molecule has 0 radical (unpaired) electrons. The van der Waals surface area contributed by atoms with Gasteiger partial charge in [-0.3, -0.25) is 0 Å². The van der Waals surface area contributed by atoms with E-state index in [0.29, 0.717) is 16.5 Å². The van der Waals surface area contributed by atoms with E-state index in [4.69, 9.17) is 25.8 Å². The standard InChI is InChI=1S/C11H16ClNO3/c1-13-6-8-4-9(12)11(16-7-14-2)10(5-8)15-3/h4-5,13H,6-7H2,1-3H3. The summed E-state index contributed by atoms with van der Waals surface area (Å²) in [6, 6.07) is 3.72. The normalized spacial score (nSPS) is 10.2. The second-order valence-corrected chi connectivity index (χ2v) is 3.60. The van der Waals surface area contributed by atoms with Crippen molar-refractivity contribution in [2.24, 2.45) is 0 Å². The van der Waals surface area contributed by atoms with Gasteiger partial charge in [0.15, 0.2) is 18.3 Å². The molecule has 1 rings (SSSR count). The summed E-state index contributed by atoms with van der Waals surface area (Å²) >= 11 is 6.10. The topological polar surface area (TPSA) is 39.7 Å². The maximum atomic E-state index is 6.10. The highest BCUT2D eigenvalue weighted by molar-refractivity contribution is 6.32. The molecule has 4 nitrogen and oxygen atoms in total. The van der Waals surface area contributed by atoms with Gasteiger partial charge in [-0.25, -0.2) is 0 Å². The third-order valence-electron chi connectivity index (χ3n) is 1.99. The highest BCUT2D eigenvalue weighted by Gasteiger charge is 2.11. The number of benzene rings is 1. The molecule has 0 aliphatic carbocycles. The van der Waals surface area contributed by atoms with E-state index >= 15 is 0 Å². The number of ether oxygens (including phenoxy) is 3. The van der Waals surface area contributed by atoms with Crippen LogP contribution < -0.4 is 14.8 Å². The smallest absolute Gasteiger partial charge is 0.188 e. The molecule has 0 bridgehead atoms. The van der Waals surface area contributed by atoms with Crippen molar-refractivity contribution in [3.8, 4) is 11.5 Å². The molecule has 0 spiro atoms. The van der Waals surface area contributed by atoms with Crippen LogP contribution in [-0.4, -0.2) is 28.1 Å². The van der Waals surface area contributed by atoms with E-state index in [1.165, 1.54) is 0 Å². The van der Waals surface area contributed by atoms with Crippen LogP contribution in [0.4, 0.5) is 0 Å². The fraction of sp³-hybridized carbons (Fsp3) is 0.455. The third kappa shape index (κ3) is 3.27. The Kier molecular flexibility index (Phi) is 5.38. The van der Waals surface area contributed by atoms with Crippen molar-refractivity contribution >= 4 is 11.6 Å². The van der Waals surface area contributed by atoms with Crippen LogP contribution in [0.25, 0.3) is 0 Å². The van der Waals surface area contributed by atoms with Crippen LogP contribution in [0.1, 0.15) is 5.56 Å². The van der Waals surface area contributed by atoms with E-state index in [2.05, 4.69) is 5.32 Å². The number of nitrogens with one attached hydrogen (secondary N) is 1. The van der Waals surface area contributed by atoms with Gasteiger partial charge in [0.1, 0.15) is 0 Å². The van der Waals surface area contributed by atoms with Crippen LogP contribution in [0.2, 0.25) is 5.02 Å². The molecule has 5 heteroatoms. The first-order valence-corrected chi connectivity index (χ1v) is 5.23. The molecular formula is C11H16ClNO3. The summed E-state index contributed by atoms with van der Waals surface area (Å²) in [6.07, 6.45) is 0. The molecule has 1 N–H and O–H groups in total. The first-order valence-electron chi connectivity index (χ1n) is 4.85. The van der Waals surface area contributed by atoms with Gasteiger partial charge < -0.3 is 19.5 Å². The fourth-order valence-corrected chi connectivity index (χ4v) is 1.63. The predicted octanol–water partition coefficient (Wildman–Crippen LogP) is 2.05. The lowest BCUT2D eigenvalue weighted by Gasteiger charge is -2.13. The van der Waals surface area contributed by atoms with Crippen molar-refractivity contribution < 1.29 is 14.2 Å². The molecular weight excluding hydrogens is 230 g/mol. The number of halogens is 1. The second-order valence-electron chi connectivity index (χ2n) is 3.19. The Morgan fingerprint density at radius 2 is 2.06 bits per heavy atom. The number of hydrogen-bond donors (Lipinski definition) is 1. The Hall–Kier alpha value is -0.970. The van der Waals surface area contributed by atoms with Gasteiger partial charge in [0.2, 0.25) is 0 Å². The number of hydrogen-bond acceptors (Lipinski definition) is 4. The average molecular weight is 246 g/mol. The molecule has 0 saturated heterocycles. The Bertz CT molecular complexity index is 344. The monoisotopic (exact) mass is 245 g/mol. The molecule has 0 atom stereocenters. The summed E-state index contributed by atoms with van der Waals surface area (Å²) in [6.45, 7) is 0.863.